The number of hydrogen-bond acceptors (Lipinski definition) is 5. The Labute approximate surface area is 122 Å². The Bertz CT molecular complexity index is 497. The predicted octanol–water partition coefficient (Wildman–Crippen LogP) is -0.458. The molecule has 0 bridgehead atoms. The van der Waals surface area contributed by atoms with Gasteiger partial charge >= 0.3 is 12.0 Å². The monoisotopic (exact) mass is 296 g/mol. The van der Waals surface area contributed by atoms with Crippen LogP contribution in [0, 0.1) is 0 Å². The molecule has 116 valence electrons. The summed E-state index contributed by atoms with van der Waals surface area (Å²) in [6, 6.07) is -0.0978. The fourth-order valence-corrected chi connectivity index (χ4v) is 2.04. The van der Waals surface area contributed by atoms with Crippen LogP contribution < -0.4 is 10.6 Å². The smallest absolute Gasteiger partial charge is 0.358 e. The normalized spacial score (nSPS) is 14.8. The van der Waals surface area contributed by atoms with Crippen molar-refractivity contribution >= 4 is 12.0 Å². The van der Waals surface area contributed by atoms with Crippen LogP contribution in [0.2, 0.25) is 0 Å². The van der Waals surface area contributed by atoms with Crippen LogP contribution >= 0.6 is 0 Å². The van der Waals surface area contributed by atoms with Gasteiger partial charge in [0.2, 0.25) is 0 Å². The first-order valence-electron chi connectivity index (χ1n) is 7.00. The van der Waals surface area contributed by atoms with Crippen molar-refractivity contribution < 1.29 is 14.7 Å². The van der Waals surface area contributed by atoms with E-state index in [1.54, 1.807) is 4.90 Å². The summed E-state index contributed by atoms with van der Waals surface area (Å²) in [6.07, 6.45) is 2.28. The molecule has 3 N–H and O–H groups in total. The summed E-state index contributed by atoms with van der Waals surface area (Å²) in [6.45, 7) is 5.52. The average molecular weight is 296 g/mol. The van der Waals surface area contributed by atoms with Gasteiger partial charge in [-0.25, -0.2) is 14.3 Å². The third kappa shape index (κ3) is 3.91. The Morgan fingerprint density at radius 3 is 2.81 bits per heavy atom. The van der Waals surface area contributed by atoms with Crippen LogP contribution in [0.1, 0.15) is 29.9 Å². The van der Waals surface area contributed by atoms with E-state index in [1.807, 2.05) is 6.92 Å². The molecule has 9 heteroatoms. The number of likely N-dealkylation sites (tertiary alicyclic amines) is 1. The van der Waals surface area contributed by atoms with Crippen molar-refractivity contribution in [2.75, 3.05) is 32.7 Å². The van der Waals surface area contributed by atoms with Crippen LogP contribution in [-0.2, 0) is 0 Å². The third-order valence-electron chi connectivity index (χ3n) is 3.31. The lowest BCUT2D eigenvalue weighted by Crippen LogP contribution is -2.54. The number of carbonyl (C=O) groups is 2. The fraction of sp³-hybridized carbons (Fsp3) is 0.667. The topological polar surface area (TPSA) is 112 Å². The zero-order valence-corrected chi connectivity index (χ0v) is 11.9. The second-order valence-corrected chi connectivity index (χ2v) is 4.89. The van der Waals surface area contributed by atoms with Gasteiger partial charge in [0.15, 0.2) is 5.69 Å². The number of hydrogen-bond donors (Lipinski definition) is 3. The van der Waals surface area contributed by atoms with Gasteiger partial charge in [0.05, 0.1) is 12.2 Å². The maximum absolute atomic E-state index is 11.8. The van der Waals surface area contributed by atoms with Gasteiger partial charge in [-0.3, -0.25) is 0 Å². The number of carbonyl (C=O) groups excluding carboxylic acids is 1. The average Bonchev–Trinajstić information content (AvgIpc) is 2.86. The van der Waals surface area contributed by atoms with Gasteiger partial charge in [-0.05, 0) is 19.5 Å². The molecule has 1 fully saturated rings. The maximum Gasteiger partial charge on any atom is 0.358 e. The van der Waals surface area contributed by atoms with Crippen LogP contribution in [0.25, 0.3) is 0 Å². The van der Waals surface area contributed by atoms with Crippen molar-refractivity contribution in [3.8, 4) is 0 Å². The second-order valence-electron chi connectivity index (χ2n) is 4.89. The summed E-state index contributed by atoms with van der Waals surface area (Å²) in [5.41, 5.74) is -0.0821. The van der Waals surface area contributed by atoms with Gasteiger partial charge in [0.1, 0.15) is 0 Å². The molecule has 1 aromatic rings. The van der Waals surface area contributed by atoms with E-state index in [0.29, 0.717) is 19.6 Å². The first kappa shape index (κ1) is 15.2. The van der Waals surface area contributed by atoms with E-state index in [0.717, 1.165) is 19.5 Å². The summed E-state index contributed by atoms with van der Waals surface area (Å²) in [5, 5.41) is 22.1. The number of amides is 2. The molecule has 0 spiro atoms. The highest BCUT2D eigenvalue weighted by atomic mass is 16.4. The van der Waals surface area contributed by atoms with Crippen LogP contribution in [0.4, 0.5) is 4.79 Å². The maximum atomic E-state index is 11.8. The van der Waals surface area contributed by atoms with Crippen molar-refractivity contribution in [2.24, 2.45) is 0 Å². The van der Waals surface area contributed by atoms with E-state index in [9.17, 15) is 9.59 Å². The Morgan fingerprint density at radius 1 is 1.43 bits per heavy atom. The predicted molar refractivity (Wildman–Crippen MR) is 74.2 cm³/mol. The molecule has 1 aliphatic heterocycles. The van der Waals surface area contributed by atoms with E-state index in [-0.39, 0.29) is 17.8 Å². The Morgan fingerprint density at radius 2 is 2.19 bits per heavy atom. The zero-order chi connectivity index (χ0) is 15.2. The van der Waals surface area contributed by atoms with Crippen LogP contribution in [-0.4, -0.2) is 69.7 Å². The highest BCUT2D eigenvalue weighted by Gasteiger charge is 2.32. The summed E-state index contributed by atoms with van der Waals surface area (Å²) in [5.74, 6) is -1.10. The van der Waals surface area contributed by atoms with Crippen molar-refractivity contribution in [1.82, 2.24) is 30.5 Å². The molecule has 0 saturated carbocycles. The molecule has 9 nitrogen and oxygen atoms in total. The van der Waals surface area contributed by atoms with Gasteiger partial charge in [-0.15, -0.1) is 5.10 Å². The number of nitrogens with zero attached hydrogens (tertiary/aromatic N) is 4. The van der Waals surface area contributed by atoms with Crippen molar-refractivity contribution in [3.05, 3.63) is 11.9 Å². The molecule has 0 unspecified atom stereocenters. The summed E-state index contributed by atoms with van der Waals surface area (Å²) in [4.78, 5) is 24.2. The molecule has 0 aliphatic carbocycles. The van der Waals surface area contributed by atoms with Gasteiger partial charge < -0.3 is 20.6 Å². The van der Waals surface area contributed by atoms with Crippen molar-refractivity contribution in [2.45, 2.75) is 19.4 Å². The van der Waals surface area contributed by atoms with Crippen LogP contribution in [0.3, 0.4) is 0 Å². The lowest BCUT2D eigenvalue weighted by atomic mass is 10.1. The quantitative estimate of drug-likeness (QED) is 0.587. The highest BCUT2D eigenvalue weighted by molar-refractivity contribution is 5.84. The van der Waals surface area contributed by atoms with Gasteiger partial charge in [-0.2, -0.15) is 0 Å². The van der Waals surface area contributed by atoms with E-state index in [2.05, 4.69) is 20.9 Å². The van der Waals surface area contributed by atoms with Gasteiger partial charge in [-0.1, -0.05) is 12.1 Å². The molecule has 1 aromatic heterocycles. The van der Waals surface area contributed by atoms with E-state index in [1.165, 1.54) is 10.9 Å². The third-order valence-corrected chi connectivity index (χ3v) is 3.31. The Balaban J connectivity index is 1.68. The standard InChI is InChI=1S/C12H20N6O3/c1-2-13-4-3-5-14-12(21)17-6-9(7-17)18-8-10(11(19)20)15-16-18/h8-9,13H,2-7H2,1H3,(H,14,21)(H,19,20). The van der Waals surface area contributed by atoms with Crippen LogP contribution in [0.15, 0.2) is 6.20 Å². The van der Waals surface area contributed by atoms with E-state index in [4.69, 9.17) is 5.11 Å². The number of urea groups is 1. The van der Waals surface area contributed by atoms with Gasteiger partial charge in [0, 0.05) is 19.6 Å². The molecule has 0 aromatic carbocycles. The van der Waals surface area contributed by atoms with E-state index < -0.39 is 5.97 Å². The number of aromatic carboxylic acids is 1. The fourth-order valence-electron chi connectivity index (χ4n) is 2.04. The minimum absolute atomic E-state index is 0.00175. The molecule has 0 atom stereocenters. The number of carboxylic acids is 1. The molecule has 1 aliphatic rings. The molecular weight excluding hydrogens is 276 g/mol. The minimum atomic E-state index is -1.10. The first-order valence-corrected chi connectivity index (χ1v) is 7.00. The zero-order valence-electron chi connectivity index (χ0n) is 11.9. The Kier molecular flexibility index (Phi) is 5.09. The summed E-state index contributed by atoms with van der Waals surface area (Å²) < 4.78 is 1.50. The van der Waals surface area contributed by atoms with E-state index >= 15 is 0 Å². The summed E-state index contributed by atoms with van der Waals surface area (Å²) >= 11 is 0. The molecule has 2 amide bonds. The lowest BCUT2D eigenvalue weighted by molar-refractivity contribution is 0.0690. The minimum Gasteiger partial charge on any atom is -0.476 e. The molecule has 21 heavy (non-hydrogen) atoms. The second kappa shape index (κ2) is 7.02. The molecule has 2 rings (SSSR count). The largest absolute Gasteiger partial charge is 0.476 e. The van der Waals surface area contributed by atoms with Crippen molar-refractivity contribution in [1.29, 1.82) is 0 Å². The highest BCUT2D eigenvalue weighted by Crippen LogP contribution is 2.20. The lowest BCUT2D eigenvalue weighted by Gasteiger charge is -2.38. The SMILES string of the molecule is CCNCCCNC(=O)N1CC(n2cc(C(=O)O)nn2)C1. The number of nitrogens with one attached hydrogen (secondary N) is 2. The number of aromatic nitrogens is 3. The number of carboxylic acid groups (broad SMARTS) is 1. The Hall–Kier alpha value is -2.16. The van der Waals surface area contributed by atoms with Crippen molar-refractivity contribution in [3.63, 3.8) is 0 Å². The summed E-state index contributed by atoms with van der Waals surface area (Å²) in [7, 11) is 0. The molecule has 2 heterocycles. The molecule has 1 saturated heterocycles. The van der Waals surface area contributed by atoms with Crippen LogP contribution in [0.5, 0.6) is 0 Å². The first-order chi connectivity index (χ1) is 10.1. The van der Waals surface area contributed by atoms with Gasteiger partial charge in [0.25, 0.3) is 0 Å². The molecule has 0 radical (unpaired) electrons. The molecular formula is C12H20N6O3. The number of rotatable bonds is 7.